The lowest BCUT2D eigenvalue weighted by Crippen LogP contribution is -3.06. The Hall–Kier alpha value is -2.28. The van der Waals surface area contributed by atoms with Crippen LogP contribution in [0.2, 0.25) is 0 Å². The Bertz CT molecular complexity index is 638. The zero-order chi connectivity index (χ0) is 16.8. The highest BCUT2D eigenvalue weighted by molar-refractivity contribution is 5.91. The first-order valence-electron chi connectivity index (χ1n) is 7.75. The smallest absolute Gasteiger partial charge is 0.273 e. The van der Waals surface area contributed by atoms with Gasteiger partial charge in [-0.15, -0.1) is 5.10 Å². The van der Waals surface area contributed by atoms with Gasteiger partial charge in [0.1, 0.15) is 5.82 Å². The molecule has 0 unspecified atom stereocenters. The van der Waals surface area contributed by atoms with Crippen molar-refractivity contribution < 1.29 is 14.1 Å². The molecule has 0 aliphatic rings. The maximum absolute atomic E-state index is 13.1. The van der Waals surface area contributed by atoms with Crippen LogP contribution in [0.1, 0.15) is 35.4 Å². The van der Waals surface area contributed by atoms with Gasteiger partial charge in [0.25, 0.3) is 5.91 Å². The third-order valence-corrected chi connectivity index (χ3v) is 3.61. The number of rotatable bonds is 7. The maximum atomic E-state index is 13.1. The van der Waals surface area contributed by atoms with E-state index in [1.54, 1.807) is 23.0 Å². The molecular weight excluding hydrogens is 297 g/mol. The third kappa shape index (κ3) is 4.59. The number of carbonyl (C=O) groups is 1. The number of nitrogens with zero attached hydrogens (tertiary/aromatic N) is 3. The largest absolute Gasteiger partial charge is 0.345 e. The topological polar surface area (TPSA) is 64.2 Å². The van der Waals surface area contributed by atoms with Crippen LogP contribution in [0.3, 0.4) is 0 Å². The highest BCUT2D eigenvalue weighted by Crippen LogP contribution is 2.21. The molecule has 2 N–H and O–H groups in total. The second-order valence-corrected chi connectivity index (χ2v) is 5.77. The molecule has 0 spiro atoms. The molecule has 1 heterocycles. The molecule has 0 saturated carbocycles. The minimum atomic E-state index is -0.273. The van der Waals surface area contributed by atoms with Crippen molar-refractivity contribution in [3.05, 3.63) is 47.5 Å². The number of hydrogen-bond donors (Lipinski definition) is 2. The summed E-state index contributed by atoms with van der Waals surface area (Å²) in [5.41, 5.74) is 1.22. The second kappa shape index (κ2) is 7.82. The molecule has 2 aromatic rings. The van der Waals surface area contributed by atoms with Crippen LogP contribution in [-0.4, -0.2) is 48.1 Å². The molecule has 7 heteroatoms. The number of likely N-dealkylation sites (N-methyl/N-ethyl adjacent to an activating group) is 1. The molecule has 0 aliphatic carbocycles. The Morgan fingerprint density at radius 1 is 1.35 bits per heavy atom. The van der Waals surface area contributed by atoms with Crippen molar-refractivity contribution in [2.24, 2.45) is 0 Å². The summed E-state index contributed by atoms with van der Waals surface area (Å²) in [5.74, 6) is -0.503. The van der Waals surface area contributed by atoms with Gasteiger partial charge in [-0.1, -0.05) is 24.3 Å². The van der Waals surface area contributed by atoms with E-state index in [9.17, 15) is 9.18 Å². The van der Waals surface area contributed by atoms with E-state index in [0.29, 0.717) is 12.2 Å². The molecule has 124 valence electrons. The molecule has 0 fully saturated rings. The van der Waals surface area contributed by atoms with Crippen LogP contribution >= 0.6 is 0 Å². The monoisotopic (exact) mass is 320 g/mol. The van der Waals surface area contributed by atoms with Crippen LogP contribution in [-0.2, 0) is 0 Å². The van der Waals surface area contributed by atoms with E-state index < -0.39 is 0 Å². The van der Waals surface area contributed by atoms with Crippen LogP contribution in [0.25, 0.3) is 0 Å². The summed E-state index contributed by atoms with van der Waals surface area (Å²) in [6.45, 7) is 3.44. The van der Waals surface area contributed by atoms with Gasteiger partial charge in [-0.2, -0.15) is 0 Å². The van der Waals surface area contributed by atoms with E-state index in [0.717, 1.165) is 18.5 Å². The van der Waals surface area contributed by atoms with Crippen molar-refractivity contribution in [1.29, 1.82) is 0 Å². The number of amides is 1. The van der Waals surface area contributed by atoms with Gasteiger partial charge in [0, 0.05) is 0 Å². The number of benzene rings is 1. The Morgan fingerprint density at radius 2 is 2.04 bits per heavy atom. The van der Waals surface area contributed by atoms with Gasteiger partial charge >= 0.3 is 0 Å². The van der Waals surface area contributed by atoms with Gasteiger partial charge < -0.3 is 10.2 Å². The van der Waals surface area contributed by atoms with Crippen LogP contribution in [0.15, 0.2) is 30.5 Å². The number of nitrogens with one attached hydrogen (secondary N) is 2. The molecule has 0 saturated heterocycles. The van der Waals surface area contributed by atoms with Crippen molar-refractivity contribution in [2.45, 2.75) is 19.4 Å². The molecule has 0 radical (unpaired) electrons. The zero-order valence-electron chi connectivity index (χ0n) is 13.7. The molecular formula is C16H23FN5O+. The Labute approximate surface area is 135 Å². The molecule has 6 nitrogen and oxygen atoms in total. The molecule has 2 rings (SSSR count). The standard InChI is InChI=1S/C16H22FN5O/c1-4-15(12-5-7-13(17)8-6-12)22-11-14(19-20-22)16(23)18-9-10-21(2)3/h5-8,11,15H,4,9-10H2,1-3H3,(H,18,23)/p+1/t15-/m0/s1. The second-order valence-electron chi connectivity index (χ2n) is 5.77. The third-order valence-electron chi connectivity index (χ3n) is 3.61. The average molecular weight is 320 g/mol. The molecule has 1 aromatic heterocycles. The van der Waals surface area contributed by atoms with Crippen molar-refractivity contribution in [1.82, 2.24) is 20.3 Å². The van der Waals surface area contributed by atoms with Crippen molar-refractivity contribution in [2.75, 3.05) is 27.2 Å². The van der Waals surface area contributed by atoms with E-state index >= 15 is 0 Å². The quantitative estimate of drug-likeness (QED) is 0.771. The normalized spacial score (nSPS) is 12.4. The maximum Gasteiger partial charge on any atom is 0.273 e. The molecule has 1 aromatic carbocycles. The van der Waals surface area contributed by atoms with Gasteiger partial charge in [-0.05, 0) is 24.1 Å². The lowest BCUT2D eigenvalue weighted by Gasteiger charge is -2.15. The Morgan fingerprint density at radius 3 is 2.65 bits per heavy atom. The van der Waals surface area contributed by atoms with Crippen LogP contribution in [0.4, 0.5) is 4.39 Å². The fourth-order valence-corrected chi connectivity index (χ4v) is 2.31. The Kier molecular flexibility index (Phi) is 5.81. The van der Waals surface area contributed by atoms with Crippen LogP contribution < -0.4 is 10.2 Å². The summed E-state index contributed by atoms with van der Waals surface area (Å²) in [5, 5.41) is 10.8. The van der Waals surface area contributed by atoms with Crippen molar-refractivity contribution in [3.63, 3.8) is 0 Å². The fourth-order valence-electron chi connectivity index (χ4n) is 2.31. The molecule has 0 aliphatic heterocycles. The van der Waals surface area contributed by atoms with Crippen LogP contribution in [0, 0.1) is 5.82 Å². The summed E-state index contributed by atoms with van der Waals surface area (Å²) >= 11 is 0. The predicted octanol–water partition coefficient (Wildman–Crippen LogP) is 0.291. The minimum absolute atomic E-state index is 0.0733. The number of hydrogen-bond acceptors (Lipinski definition) is 3. The molecule has 1 amide bonds. The highest BCUT2D eigenvalue weighted by atomic mass is 19.1. The summed E-state index contributed by atoms with van der Waals surface area (Å²) in [7, 11) is 4.05. The van der Waals surface area contributed by atoms with E-state index in [4.69, 9.17) is 0 Å². The predicted molar refractivity (Wildman–Crippen MR) is 84.9 cm³/mol. The lowest BCUT2D eigenvalue weighted by atomic mass is 10.0. The fraction of sp³-hybridized carbons (Fsp3) is 0.438. The first-order valence-corrected chi connectivity index (χ1v) is 7.75. The van der Waals surface area contributed by atoms with Gasteiger partial charge in [0.15, 0.2) is 5.69 Å². The number of aromatic nitrogens is 3. The van der Waals surface area contributed by atoms with E-state index in [2.05, 4.69) is 15.6 Å². The van der Waals surface area contributed by atoms with Gasteiger partial charge in [0.05, 0.1) is 39.4 Å². The highest BCUT2D eigenvalue weighted by Gasteiger charge is 2.17. The average Bonchev–Trinajstić information content (AvgIpc) is 2.99. The number of quaternary nitrogens is 1. The summed E-state index contributed by atoms with van der Waals surface area (Å²) in [6.07, 6.45) is 2.40. The molecule has 0 bridgehead atoms. The number of halogens is 1. The summed E-state index contributed by atoms with van der Waals surface area (Å²) in [4.78, 5) is 13.3. The van der Waals surface area contributed by atoms with Crippen LogP contribution in [0.5, 0.6) is 0 Å². The van der Waals surface area contributed by atoms with Crippen molar-refractivity contribution >= 4 is 5.91 Å². The first-order chi connectivity index (χ1) is 11.0. The number of carbonyl (C=O) groups excluding carboxylic acids is 1. The van der Waals surface area contributed by atoms with E-state index in [1.165, 1.54) is 17.0 Å². The molecule has 1 atom stereocenters. The van der Waals surface area contributed by atoms with Gasteiger partial charge in [-0.3, -0.25) is 4.79 Å². The molecule has 23 heavy (non-hydrogen) atoms. The summed E-state index contributed by atoms with van der Waals surface area (Å²) in [6, 6.07) is 6.23. The minimum Gasteiger partial charge on any atom is -0.345 e. The Balaban J connectivity index is 2.07. The van der Waals surface area contributed by atoms with Gasteiger partial charge in [0.2, 0.25) is 0 Å². The van der Waals surface area contributed by atoms with Gasteiger partial charge in [-0.25, -0.2) is 9.07 Å². The zero-order valence-corrected chi connectivity index (χ0v) is 13.7. The van der Waals surface area contributed by atoms with E-state index in [1.807, 2.05) is 21.0 Å². The van der Waals surface area contributed by atoms with E-state index in [-0.39, 0.29) is 17.8 Å². The summed E-state index contributed by atoms with van der Waals surface area (Å²) < 4.78 is 14.7. The first kappa shape index (κ1) is 17.1. The lowest BCUT2D eigenvalue weighted by molar-refractivity contribution is -0.856. The SMILES string of the molecule is CC[C@@H](c1ccc(F)cc1)n1cc(C(=O)NCC[NH+](C)C)nn1. The van der Waals surface area contributed by atoms with Crippen molar-refractivity contribution in [3.8, 4) is 0 Å².